The smallest absolute Gasteiger partial charge is 0.201 e. The minimum Gasteiger partial charge on any atom is -0.369 e. The number of nitrogen functional groups attached to an aromatic ring is 1. The number of likely N-dealkylation sites (N-methyl/N-ethyl adjacent to an activating group) is 1. The summed E-state index contributed by atoms with van der Waals surface area (Å²) in [7, 11) is 3.92. The van der Waals surface area contributed by atoms with Gasteiger partial charge >= 0.3 is 0 Å². The fourth-order valence-corrected chi connectivity index (χ4v) is 2.75. The summed E-state index contributed by atoms with van der Waals surface area (Å²) in [5.74, 6) is -0.634. The van der Waals surface area contributed by atoms with E-state index in [1.54, 1.807) is 4.57 Å². The number of fused-ring (bicyclic) bond motifs is 1. The van der Waals surface area contributed by atoms with Gasteiger partial charge in [-0.2, -0.15) is 0 Å². The first-order chi connectivity index (χ1) is 9.79. The molecule has 0 aliphatic carbocycles. The number of aromatic nitrogens is 2. The summed E-state index contributed by atoms with van der Waals surface area (Å²) in [6.45, 7) is 4.95. The normalized spacial score (nSPS) is 13.5. The first kappa shape index (κ1) is 15.7. The largest absolute Gasteiger partial charge is 0.369 e. The number of nitrogens with zero attached hydrogens (tertiary/aromatic N) is 3. The average molecular weight is 296 g/mol. The van der Waals surface area contributed by atoms with Crippen LogP contribution in [0.3, 0.4) is 0 Å². The Kier molecular flexibility index (Phi) is 4.46. The highest BCUT2D eigenvalue weighted by Crippen LogP contribution is 2.29. The third-order valence-electron chi connectivity index (χ3n) is 3.43. The molecule has 1 unspecified atom stereocenters. The summed E-state index contributed by atoms with van der Waals surface area (Å²) in [5.41, 5.74) is 6.51. The summed E-state index contributed by atoms with van der Waals surface area (Å²) in [6.07, 6.45) is 0.853. The topological polar surface area (TPSA) is 47.1 Å². The van der Waals surface area contributed by atoms with E-state index in [9.17, 15) is 8.78 Å². The van der Waals surface area contributed by atoms with Crippen LogP contribution in [0.5, 0.6) is 0 Å². The van der Waals surface area contributed by atoms with Crippen molar-refractivity contribution in [2.75, 3.05) is 26.4 Å². The fourth-order valence-electron chi connectivity index (χ4n) is 2.75. The van der Waals surface area contributed by atoms with Crippen molar-refractivity contribution in [2.24, 2.45) is 5.92 Å². The third kappa shape index (κ3) is 3.32. The van der Waals surface area contributed by atoms with Gasteiger partial charge in [0.05, 0.1) is 11.6 Å². The van der Waals surface area contributed by atoms with E-state index < -0.39 is 11.6 Å². The molecular weight excluding hydrogens is 274 g/mol. The molecule has 1 aromatic carbocycles. The SMILES string of the molecule is CC(C)CC(CN(C)C)n1c(N)nc2c(F)cc(F)cc21. The zero-order chi connectivity index (χ0) is 15.7. The third-order valence-corrected chi connectivity index (χ3v) is 3.43. The van der Waals surface area contributed by atoms with Gasteiger partial charge in [0.15, 0.2) is 5.82 Å². The molecule has 2 N–H and O–H groups in total. The lowest BCUT2D eigenvalue weighted by Crippen LogP contribution is -2.26. The zero-order valence-electron chi connectivity index (χ0n) is 12.9. The molecule has 0 saturated heterocycles. The van der Waals surface area contributed by atoms with E-state index in [1.165, 1.54) is 6.07 Å². The Morgan fingerprint density at radius 1 is 1.29 bits per heavy atom. The highest BCUT2D eigenvalue weighted by atomic mass is 19.1. The van der Waals surface area contributed by atoms with Crippen molar-refractivity contribution in [3.8, 4) is 0 Å². The van der Waals surface area contributed by atoms with Gasteiger partial charge in [0.2, 0.25) is 5.95 Å². The predicted octanol–water partition coefficient (Wildman–Crippen LogP) is 3.05. The van der Waals surface area contributed by atoms with Crippen molar-refractivity contribution in [3.63, 3.8) is 0 Å². The van der Waals surface area contributed by atoms with Crippen LogP contribution >= 0.6 is 0 Å². The van der Waals surface area contributed by atoms with E-state index >= 15 is 0 Å². The molecule has 1 atom stereocenters. The standard InChI is InChI=1S/C15H22F2N4/c1-9(2)5-11(8-20(3)4)21-13-7-10(16)6-12(17)14(13)19-15(21)18/h6-7,9,11H,5,8H2,1-4H3,(H2,18,19). The first-order valence-corrected chi connectivity index (χ1v) is 7.06. The molecule has 21 heavy (non-hydrogen) atoms. The van der Waals surface area contributed by atoms with Crippen LogP contribution in [-0.2, 0) is 0 Å². The molecule has 0 amide bonds. The van der Waals surface area contributed by atoms with E-state index in [2.05, 4.69) is 18.8 Å². The monoisotopic (exact) mass is 296 g/mol. The second kappa shape index (κ2) is 5.97. The summed E-state index contributed by atoms with van der Waals surface area (Å²) in [5, 5.41) is 0. The van der Waals surface area contributed by atoms with Gasteiger partial charge in [-0.15, -0.1) is 0 Å². The van der Waals surface area contributed by atoms with Gasteiger partial charge in [0.25, 0.3) is 0 Å². The number of hydrogen-bond donors (Lipinski definition) is 1. The Balaban J connectivity index is 2.58. The van der Waals surface area contributed by atoms with Gasteiger partial charge in [0.1, 0.15) is 11.3 Å². The number of benzene rings is 1. The van der Waals surface area contributed by atoms with Crippen LogP contribution in [0, 0.1) is 17.6 Å². The van der Waals surface area contributed by atoms with E-state index in [1.807, 2.05) is 19.0 Å². The molecule has 0 spiro atoms. The molecule has 1 heterocycles. The molecule has 2 rings (SSSR count). The highest BCUT2D eigenvalue weighted by molar-refractivity contribution is 5.79. The van der Waals surface area contributed by atoms with Gasteiger partial charge < -0.3 is 15.2 Å². The second-order valence-corrected chi connectivity index (χ2v) is 6.14. The quantitative estimate of drug-likeness (QED) is 0.922. The van der Waals surface area contributed by atoms with Crippen molar-refractivity contribution in [1.29, 1.82) is 0 Å². The molecule has 0 aliphatic heterocycles. The molecule has 0 aliphatic rings. The molecule has 0 bridgehead atoms. The maximum atomic E-state index is 13.8. The average Bonchev–Trinajstić information content (AvgIpc) is 2.63. The molecule has 6 heteroatoms. The predicted molar refractivity (Wildman–Crippen MR) is 81.1 cm³/mol. The molecule has 4 nitrogen and oxygen atoms in total. The fraction of sp³-hybridized carbons (Fsp3) is 0.533. The molecule has 0 fully saturated rings. The summed E-state index contributed by atoms with van der Waals surface area (Å²) >= 11 is 0. The van der Waals surface area contributed by atoms with Gasteiger partial charge in [0, 0.05) is 18.7 Å². The minimum atomic E-state index is -0.677. The van der Waals surface area contributed by atoms with Gasteiger partial charge in [-0.25, -0.2) is 13.8 Å². The van der Waals surface area contributed by atoms with Crippen LogP contribution in [-0.4, -0.2) is 35.1 Å². The van der Waals surface area contributed by atoms with E-state index in [4.69, 9.17) is 5.73 Å². The molecule has 0 saturated carbocycles. The molecule has 1 aromatic heterocycles. The lowest BCUT2D eigenvalue weighted by molar-refractivity contribution is 0.294. The number of rotatable bonds is 5. The number of anilines is 1. The second-order valence-electron chi connectivity index (χ2n) is 6.14. The molecule has 2 aromatic rings. The lowest BCUT2D eigenvalue weighted by atomic mass is 10.0. The van der Waals surface area contributed by atoms with Crippen LogP contribution in [0.4, 0.5) is 14.7 Å². The first-order valence-electron chi connectivity index (χ1n) is 7.06. The highest BCUT2D eigenvalue weighted by Gasteiger charge is 2.22. The minimum absolute atomic E-state index is 0.0196. The van der Waals surface area contributed by atoms with Crippen LogP contribution in [0.2, 0.25) is 0 Å². The van der Waals surface area contributed by atoms with Gasteiger partial charge in [-0.3, -0.25) is 0 Å². The Morgan fingerprint density at radius 3 is 2.52 bits per heavy atom. The molecular formula is C15H22F2N4. The van der Waals surface area contributed by atoms with E-state index in [0.29, 0.717) is 11.4 Å². The van der Waals surface area contributed by atoms with Crippen molar-refractivity contribution < 1.29 is 8.78 Å². The van der Waals surface area contributed by atoms with Gasteiger partial charge in [-0.05, 0) is 26.4 Å². The summed E-state index contributed by atoms with van der Waals surface area (Å²) in [6, 6.07) is 2.15. The molecule has 116 valence electrons. The van der Waals surface area contributed by atoms with Crippen molar-refractivity contribution in [3.05, 3.63) is 23.8 Å². The van der Waals surface area contributed by atoms with Crippen LogP contribution in [0.1, 0.15) is 26.3 Å². The number of imidazole rings is 1. The van der Waals surface area contributed by atoms with E-state index in [0.717, 1.165) is 19.0 Å². The number of halogens is 2. The maximum absolute atomic E-state index is 13.8. The van der Waals surface area contributed by atoms with Crippen LogP contribution in [0.25, 0.3) is 11.0 Å². The van der Waals surface area contributed by atoms with E-state index in [-0.39, 0.29) is 17.5 Å². The summed E-state index contributed by atoms with van der Waals surface area (Å²) in [4.78, 5) is 6.11. The Morgan fingerprint density at radius 2 is 1.95 bits per heavy atom. The van der Waals surface area contributed by atoms with Crippen LogP contribution in [0.15, 0.2) is 12.1 Å². The van der Waals surface area contributed by atoms with Crippen molar-refractivity contribution >= 4 is 17.0 Å². The number of nitrogens with two attached hydrogens (primary N) is 1. The molecule has 0 radical (unpaired) electrons. The maximum Gasteiger partial charge on any atom is 0.201 e. The van der Waals surface area contributed by atoms with Crippen LogP contribution < -0.4 is 5.73 Å². The zero-order valence-corrected chi connectivity index (χ0v) is 12.9. The van der Waals surface area contributed by atoms with Crippen molar-refractivity contribution in [1.82, 2.24) is 14.5 Å². The Hall–Kier alpha value is -1.69. The Bertz CT molecular complexity index is 624. The Labute approximate surface area is 123 Å². The lowest BCUT2D eigenvalue weighted by Gasteiger charge is -2.25. The number of hydrogen-bond acceptors (Lipinski definition) is 3. The van der Waals surface area contributed by atoms with Gasteiger partial charge in [-0.1, -0.05) is 13.8 Å². The summed E-state index contributed by atoms with van der Waals surface area (Å²) < 4.78 is 29.1. The van der Waals surface area contributed by atoms with Crippen molar-refractivity contribution in [2.45, 2.75) is 26.3 Å².